The van der Waals surface area contributed by atoms with Gasteiger partial charge < -0.3 is 4.90 Å². The fourth-order valence-electron chi connectivity index (χ4n) is 1.96. The first-order chi connectivity index (χ1) is 7.95. The van der Waals surface area contributed by atoms with Gasteiger partial charge in [-0.2, -0.15) is 0 Å². The van der Waals surface area contributed by atoms with E-state index in [1.807, 2.05) is 24.5 Å². The van der Waals surface area contributed by atoms with Gasteiger partial charge in [0, 0.05) is 5.69 Å². The molecule has 0 radical (unpaired) electrons. The van der Waals surface area contributed by atoms with Crippen LogP contribution in [0, 0.1) is 0 Å². The standard InChI is InChI=1S/C14H12N2/c1-2-7-13(8-3-1)16-11-15-10-12-6-4-5-9-14(12)16/h1-9,11H,10H2. The maximum absolute atomic E-state index is 4.38. The number of benzene rings is 2. The van der Waals surface area contributed by atoms with Crippen molar-refractivity contribution in [1.29, 1.82) is 0 Å². The van der Waals surface area contributed by atoms with Crippen LogP contribution in [0.1, 0.15) is 5.56 Å². The van der Waals surface area contributed by atoms with Crippen molar-refractivity contribution in [2.75, 3.05) is 4.90 Å². The molecule has 1 aliphatic rings. The van der Waals surface area contributed by atoms with Gasteiger partial charge in [0.15, 0.2) is 0 Å². The molecule has 0 saturated heterocycles. The van der Waals surface area contributed by atoms with Gasteiger partial charge in [-0.05, 0) is 23.8 Å². The highest BCUT2D eigenvalue weighted by atomic mass is 15.2. The molecule has 2 heteroatoms. The second-order valence-corrected chi connectivity index (χ2v) is 3.79. The van der Waals surface area contributed by atoms with E-state index in [1.54, 1.807) is 0 Å². The maximum Gasteiger partial charge on any atom is 0.0944 e. The molecule has 2 aromatic carbocycles. The van der Waals surface area contributed by atoms with Gasteiger partial charge in [-0.1, -0.05) is 36.4 Å². The average Bonchev–Trinajstić information content (AvgIpc) is 2.39. The first kappa shape index (κ1) is 9.16. The molecule has 0 saturated carbocycles. The summed E-state index contributed by atoms with van der Waals surface area (Å²) in [5, 5.41) is 0. The van der Waals surface area contributed by atoms with Crippen LogP contribution in [0.3, 0.4) is 0 Å². The van der Waals surface area contributed by atoms with Gasteiger partial charge in [-0.3, -0.25) is 4.99 Å². The lowest BCUT2D eigenvalue weighted by molar-refractivity contribution is 1.03. The molecule has 0 unspecified atom stereocenters. The van der Waals surface area contributed by atoms with Crippen LogP contribution in [-0.2, 0) is 6.54 Å². The smallest absolute Gasteiger partial charge is 0.0944 e. The van der Waals surface area contributed by atoms with Crippen LogP contribution in [0.15, 0.2) is 59.6 Å². The Morgan fingerprint density at radius 1 is 0.875 bits per heavy atom. The Labute approximate surface area is 94.9 Å². The predicted octanol–water partition coefficient (Wildman–Crippen LogP) is 3.37. The minimum absolute atomic E-state index is 0.777. The van der Waals surface area contributed by atoms with Crippen molar-refractivity contribution in [3.63, 3.8) is 0 Å². The van der Waals surface area contributed by atoms with Gasteiger partial charge in [-0.25, -0.2) is 0 Å². The molecule has 1 aliphatic heterocycles. The molecule has 0 bridgehead atoms. The number of para-hydroxylation sites is 2. The predicted molar refractivity (Wildman–Crippen MR) is 67.2 cm³/mol. The number of aliphatic imine (C=N–C) groups is 1. The Kier molecular flexibility index (Phi) is 2.18. The van der Waals surface area contributed by atoms with E-state index in [2.05, 4.69) is 46.3 Å². The van der Waals surface area contributed by atoms with Crippen LogP contribution in [0.4, 0.5) is 11.4 Å². The first-order valence-corrected chi connectivity index (χ1v) is 5.37. The summed E-state index contributed by atoms with van der Waals surface area (Å²) in [5.74, 6) is 0. The fourth-order valence-corrected chi connectivity index (χ4v) is 1.96. The van der Waals surface area contributed by atoms with E-state index in [0.717, 1.165) is 12.2 Å². The lowest BCUT2D eigenvalue weighted by Gasteiger charge is -2.25. The minimum atomic E-state index is 0.777. The van der Waals surface area contributed by atoms with E-state index in [0.29, 0.717) is 0 Å². The van der Waals surface area contributed by atoms with E-state index < -0.39 is 0 Å². The molecule has 0 aromatic heterocycles. The largest absolute Gasteiger partial charge is 0.301 e. The molecule has 0 spiro atoms. The van der Waals surface area contributed by atoms with Gasteiger partial charge >= 0.3 is 0 Å². The molecule has 2 aromatic rings. The lowest BCUT2D eigenvalue weighted by Crippen LogP contribution is -2.19. The zero-order valence-corrected chi connectivity index (χ0v) is 8.88. The molecular weight excluding hydrogens is 196 g/mol. The number of anilines is 2. The summed E-state index contributed by atoms with van der Waals surface area (Å²) < 4.78 is 0. The van der Waals surface area contributed by atoms with Crippen molar-refractivity contribution in [2.24, 2.45) is 4.99 Å². The van der Waals surface area contributed by atoms with Crippen LogP contribution < -0.4 is 4.90 Å². The quantitative estimate of drug-likeness (QED) is 0.701. The van der Waals surface area contributed by atoms with Gasteiger partial charge in [0.25, 0.3) is 0 Å². The van der Waals surface area contributed by atoms with Crippen molar-refractivity contribution in [1.82, 2.24) is 0 Å². The molecule has 3 rings (SSSR count). The Morgan fingerprint density at radius 2 is 1.62 bits per heavy atom. The van der Waals surface area contributed by atoms with E-state index in [4.69, 9.17) is 0 Å². The Morgan fingerprint density at radius 3 is 2.50 bits per heavy atom. The third-order valence-electron chi connectivity index (χ3n) is 2.74. The highest BCUT2D eigenvalue weighted by Gasteiger charge is 2.13. The second-order valence-electron chi connectivity index (χ2n) is 3.79. The number of nitrogens with zero attached hydrogens (tertiary/aromatic N) is 2. The molecule has 0 atom stereocenters. The molecule has 0 N–H and O–H groups in total. The summed E-state index contributed by atoms with van der Waals surface area (Å²) in [6.45, 7) is 0.777. The maximum atomic E-state index is 4.38. The average molecular weight is 208 g/mol. The van der Waals surface area contributed by atoms with Gasteiger partial charge in [0.1, 0.15) is 0 Å². The summed E-state index contributed by atoms with van der Waals surface area (Å²) in [6, 6.07) is 18.7. The molecule has 2 nitrogen and oxygen atoms in total. The molecule has 78 valence electrons. The van der Waals surface area contributed by atoms with Crippen LogP contribution in [0.5, 0.6) is 0 Å². The van der Waals surface area contributed by atoms with Crippen LogP contribution in [0.25, 0.3) is 0 Å². The van der Waals surface area contributed by atoms with Crippen molar-refractivity contribution in [3.8, 4) is 0 Å². The van der Waals surface area contributed by atoms with Gasteiger partial charge in [0.05, 0.1) is 18.6 Å². The monoisotopic (exact) mass is 208 g/mol. The molecular formula is C14H12N2. The zero-order valence-electron chi connectivity index (χ0n) is 8.88. The van der Waals surface area contributed by atoms with Crippen LogP contribution >= 0.6 is 0 Å². The number of hydrogen-bond acceptors (Lipinski definition) is 2. The molecule has 0 aliphatic carbocycles. The summed E-state index contributed by atoms with van der Waals surface area (Å²) in [7, 11) is 0. The Hall–Kier alpha value is -2.09. The fraction of sp³-hybridized carbons (Fsp3) is 0.0714. The molecule has 1 heterocycles. The Bertz CT molecular complexity index is 517. The van der Waals surface area contributed by atoms with E-state index >= 15 is 0 Å². The Balaban J connectivity index is 2.09. The number of rotatable bonds is 1. The highest BCUT2D eigenvalue weighted by Crippen LogP contribution is 2.29. The number of fused-ring (bicyclic) bond motifs is 1. The zero-order chi connectivity index (χ0) is 10.8. The van der Waals surface area contributed by atoms with Crippen molar-refractivity contribution in [2.45, 2.75) is 6.54 Å². The molecule has 0 fully saturated rings. The SMILES string of the molecule is C1=NCc2ccccc2N1c1ccccc1. The van der Waals surface area contributed by atoms with Crippen molar-refractivity contribution >= 4 is 17.7 Å². The highest BCUT2D eigenvalue weighted by molar-refractivity contribution is 5.91. The van der Waals surface area contributed by atoms with Gasteiger partial charge in [-0.15, -0.1) is 0 Å². The summed E-state index contributed by atoms with van der Waals surface area (Å²) in [4.78, 5) is 6.50. The summed E-state index contributed by atoms with van der Waals surface area (Å²) in [5.41, 5.74) is 3.65. The van der Waals surface area contributed by atoms with Crippen molar-refractivity contribution in [3.05, 3.63) is 60.2 Å². The van der Waals surface area contributed by atoms with Crippen LogP contribution in [0.2, 0.25) is 0 Å². The minimum Gasteiger partial charge on any atom is -0.301 e. The van der Waals surface area contributed by atoms with E-state index in [1.165, 1.54) is 11.3 Å². The third kappa shape index (κ3) is 1.48. The summed E-state index contributed by atoms with van der Waals surface area (Å²) in [6.07, 6.45) is 1.90. The van der Waals surface area contributed by atoms with Crippen molar-refractivity contribution < 1.29 is 0 Å². The van der Waals surface area contributed by atoms with Gasteiger partial charge in [0.2, 0.25) is 0 Å². The second kappa shape index (κ2) is 3.81. The van der Waals surface area contributed by atoms with E-state index in [-0.39, 0.29) is 0 Å². The molecule has 0 amide bonds. The third-order valence-corrected chi connectivity index (χ3v) is 2.74. The van der Waals surface area contributed by atoms with E-state index in [9.17, 15) is 0 Å². The molecule has 16 heavy (non-hydrogen) atoms. The lowest BCUT2D eigenvalue weighted by atomic mass is 10.1. The summed E-state index contributed by atoms with van der Waals surface area (Å²) >= 11 is 0. The topological polar surface area (TPSA) is 15.6 Å². The van der Waals surface area contributed by atoms with Crippen LogP contribution in [-0.4, -0.2) is 6.34 Å². The first-order valence-electron chi connectivity index (χ1n) is 5.37. The normalized spacial score (nSPS) is 13.6. The number of hydrogen-bond donors (Lipinski definition) is 0.